The first-order valence-electron chi connectivity index (χ1n) is 4.63. The molecule has 88 valence electrons. The van der Waals surface area contributed by atoms with Gasteiger partial charge in [-0.05, 0) is 6.92 Å². The number of nitrogens with two attached hydrogens (primary N) is 1. The van der Waals surface area contributed by atoms with Crippen molar-refractivity contribution in [1.82, 2.24) is 15.1 Å². The molecule has 1 unspecified atom stereocenters. The van der Waals surface area contributed by atoms with Crippen LogP contribution in [0.3, 0.4) is 0 Å². The number of amides is 1. The van der Waals surface area contributed by atoms with Gasteiger partial charge in [0.15, 0.2) is 0 Å². The number of rotatable bonds is 3. The number of hydrogen-bond acceptors (Lipinski definition) is 5. The van der Waals surface area contributed by atoms with E-state index in [0.29, 0.717) is 0 Å². The second-order valence-electron chi connectivity index (χ2n) is 3.29. The highest BCUT2D eigenvalue weighted by Crippen LogP contribution is 2.08. The van der Waals surface area contributed by atoms with Gasteiger partial charge in [0.1, 0.15) is 17.4 Å². The van der Waals surface area contributed by atoms with Crippen molar-refractivity contribution in [1.29, 1.82) is 0 Å². The highest BCUT2D eigenvalue weighted by Gasteiger charge is 2.19. The van der Waals surface area contributed by atoms with E-state index in [1.165, 1.54) is 24.9 Å². The van der Waals surface area contributed by atoms with Crippen LogP contribution in [0.4, 0.5) is 5.82 Å². The van der Waals surface area contributed by atoms with Gasteiger partial charge in [0, 0.05) is 7.05 Å². The first-order chi connectivity index (χ1) is 7.47. The van der Waals surface area contributed by atoms with Crippen molar-refractivity contribution in [3.05, 3.63) is 11.8 Å². The number of nitrogens with zero attached hydrogens (tertiary/aromatic N) is 2. The minimum atomic E-state index is -0.725. The molecule has 0 radical (unpaired) electrons. The van der Waals surface area contributed by atoms with Gasteiger partial charge in [0.25, 0.3) is 5.91 Å². The highest BCUT2D eigenvalue weighted by atomic mass is 16.5. The molecule has 1 aromatic heterocycles. The molecule has 0 fully saturated rings. The molecule has 1 rings (SSSR count). The topological polar surface area (TPSA) is 99.2 Å². The maximum Gasteiger partial charge on any atom is 0.328 e. The Morgan fingerprint density at radius 3 is 2.69 bits per heavy atom. The Morgan fingerprint density at radius 1 is 1.62 bits per heavy atom. The molecular weight excluding hydrogens is 212 g/mol. The van der Waals surface area contributed by atoms with E-state index < -0.39 is 17.9 Å². The molecule has 1 atom stereocenters. The second kappa shape index (κ2) is 4.65. The number of methoxy groups -OCH3 is 1. The number of carbonyl (C=O) groups excluding carboxylic acids is 2. The van der Waals surface area contributed by atoms with Crippen LogP contribution in [0.25, 0.3) is 0 Å². The molecule has 7 nitrogen and oxygen atoms in total. The predicted octanol–water partition coefficient (Wildman–Crippen LogP) is -0.706. The van der Waals surface area contributed by atoms with E-state index in [-0.39, 0.29) is 11.4 Å². The van der Waals surface area contributed by atoms with Crippen molar-refractivity contribution in [2.24, 2.45) is 7.05 Å². The van der Waals surface area contributed by atoms with Gasteiger partial charge in [-0.3, -0.25) is 9.48 Å². The minimum absolute atomic E-state index is 0.234. The molecule has 16 heavy (non-hydrogen) atoms. The van der Waals surface area contributed by atoms with Crippen molar-refractivity contribution in [2.75, 3.05) is 12.8 Å². The molecule has 0 spiro atoms. The van der Waals surface area contributed by atoms with Crippen molar-refractivity contribution in [3.63, 3.8) is 0 Å². The van der Waals surface area contributed by atoms with Crippen molar-refractivity contribution >= 4 is 17.7 Å². The summed E-state index contributed by atoms with van der Waals surface area (Å²) in [6.07, 6.45) is 1.34. The monoisotopic (exact) mass is 226 g/mol. The average Bonchev–Trinajstić information content (AvgIpc) is 2.58. The number of carbonyl (C=O) groups is 2. The first-order valence-corrected chi connectivity index (χ1v) is 4.63. The summed E-state index contributed by atoms with van der Waals surface area (Å²) in [7, 11) is 2.87. The molecule has 0 bridgehead atoms. The first kappa shape index (κ1) is 12.0. The van der Waals surface area contributed by atoms with E-state index in [4.69, 9.17) is 5.73 Å². The largest absolute Gasteiger partial charge is 0.467 e. The third kappa shape index (κ3) is 2.30. The molecule has 0 aromatic carbocycles. The summed E-state index contributed by atoms with van der Waals surface area (Å²) in [5.41, 5.74) is 5.85. The van der Waals surface area contributed by atoms with E-state index in [0.717, 1.165) is 0 Å². The van der Waals surface area contributed by atoms with Crippen LogP contribution in [0.15, 0.2) is 6.20 Å². The average molecular weight is 226 g/mol. The van der Waals surface area contributed by atoms with Crippen LogP contribution in [-0.2, 0) is 16.6 Å². The Kier molecular flexibility index (Phi) is 3.49. The van der Waals surface area contributed by atoms with E-state index in [2.05, 4.69) is 15.2 Å². The third-order valence-electron chi connectivity index (χ3n) is 2.13. The van der Waals surface area contributed by atoms with Gasteiger partial charge in [0.2, 0.25) is 0 Å². The number of aryl methyl sites for hydroxylation is 1. The maximum atomic E-state index is 11.7. The van der Waals surface area contributed by atoms with Gasteiger partial charge in [0.05, 0.1) is 13.3 Å². The lowest BCUT2D eigenvalue weighted by Crippen LogP contribution is -2.39. The van der Waals surface area contributed by atoms with Crippen LogP contribution in [-0.4, -0.2) is 34.8 Å². The molecule has 0 saturated carbocycles. The van der Waals surface area contributed by atoms with E-state index >= 15 is 0 Å². The van der Waals surface area contributed by atoms with Crippen LogP contribution in [0.2, 0.25) is 0 Å². The summed E-state index contributed by atoms with van der Waals surface area (Å²) in [6, 6.07) is -0.725. The van der Waals surface area contributed by atoms with Gasteiger partial charge < -0.3 is 15.8 Å². The predicted molar refractivity (Wildman–Crippen MR) is 56.6 cm³/mol. The molecule has 7 heteroatoms. The SMILES string of the molecule is COC(=O)C(C)NC(=O)c1cnn(C)c1N. The Hall–Kier alpha value is -2.05. The number of ether oxygens (including phenoxy) is 1. The summed E-state index contributed by atoms with van der Waals surface area (Å²) >= 11 is 0. The van der Waals surface area contributed by atoms with E-state index in [1.54, 1.807) is 7.05 Å². The highest BCUT2D eigenvalue weighted by molar-refractivity contribution is 6.00. The van der Waals surface area contributed by atoms with Crippen molar-refractivity contribution in [3.8, 4) is 0 Å². The Balaban J connectivity index is 2.73. The zero-order valence-corrected chi connectivity index (χ0v) is 9.35. The lowest BCUT2D eigenvalue weighted by Gasteiger charge is -2.10. The summed E-state index contributed by atoms with van der Waals surface area (Å²) < 4.78 is 5.85. The minimum Gasteiger partial charge on any atom is -0.467 e. The van der Waals surface area contributed by atoms with E-state index in [1.807, 2.05) is 0 Å². The number of anilines is 1. The molecule has 1 heterocycles. The van der Waals surface area contributed by atoms with Gasteiger partial charge >= 0.3 is 5.97 Å². The molecule has 0 saturated heterocycles. The number of hydrogen-bond donors (Lipinski definition) is 2. The number of nitrogen functional groups attached to an aromatic ring is 1. The number of nitrogens with one attached hydrogen (secondary N) is 1. The summed E-state index contributed by atoms with van der Waals surface area (Å²) in [5, 5.41) is 6.28. The zero-order chi connectivity index (χ0) is 12.3. The van der Waals surface area contributed by atoms with Gasteiger partial charge in [-0.2, -0.15) is 5.10 Å². The Labute approximate surface area is 92.6 Å². The summed E-state index contributed by atoms with van der Waals surface area (Å²) in [4.78, 5) is 22.7. The van der Waals surface area contributed by atoms with Crippen LogP contribution in [0, 0.1) is 0 Å². The quantitative estimate of drug-likeness (QED) is 0.663. The van der Waals surface area contributed by atoms with Crippen LogP contribution < -0.4 is 11.1 Å². The molecule has 0 aliphatic heterocycles. The molecule has 1 aromatic rings. The molecule has 3 N–H and O–H groups in total. The fraction of sp³-hybridized carbons (Fsp3) is 0.444. The van der Waals surface area contributed by atoms with Crippen molar-refractivity contribution in [2.45, 2.75) is 13.0 Å². The van der Waals surface area contributed by atoms with Gasteiger partial charge in [-0.25, -0.2) is 4.79 Å². The molecule has 1 amide bonds. The summed E-state index contributed by atoms with van der Waals surface area (Å²) in [5.74, 6) is -0.728. The normalized spacial score (nSPS) is 11.9. The number of aromatic nitrogens is 2. The smallest absolute Gasteiger partial charge is 0.328 e. The standard InChI is InChI=1S/C9H14N4O3/c1-5(9(15)16-3)12-8(14)6-4-11-13(2)7(6)10/h4-5H,10H2,1-3H3,(H,12,14). The Morgan fingerprint density at radius 2 is 2.25 bits per heavy atom. The van der Waals surface area contributed by atoms with E-state index in [9.17, 15) is 9.59 Å². The van der Waals surface area contributed by atoms with Gasteiger partial charge in [-0.15, -0.1) is 0 Å². The summed E-state index contributed by atoms with van der Waals surface area (Å²) in [6.45, 7) is 1.52. The second-order valence-corrected chi connectivity index (χ2v) is 3.29. The Bertz CT molecular complexity index is 413. The lowest BCUT2D eigenvalue weighted by atomic mass is 10.2. The fourth-order valence-electron chi connectivity index (χ4n) is 1.13. The molecule has 0 aliphatic rings. The van der Waals surface area contributed by atoms with Crippen molar-refractivity contribution < 1.29 is 14.3 Å². The maximum absolute atomic E-state index is 11.7. The van der Waals surface area contributed by atoms with Crippen LogP contribution >= 0.6 is 0 Å². The molecular formula is C9H14N4O3. The zero-order valence-electron chi connectivity index (χ0n) is 9.35. The lowest BCUT2D eigenvalue weighted by molar-refractivity contribution is -0.142. The van der Waals surface area contributed by atoms with Crippen LogP contribution in [0.1, 0.15) is 17.3 Å². The molecule has 0 aliphatic carbocycles. The van der Waals surface area contributed by atoms with Crippen LogP contribution in [0.5, 0.6) is 0 Å². The fourth-order valence-corrected chi connectivity index (χ4v) is 1.13. The third-order valence-corrected chi connectivity index (χ3v) is 2.13. The number of esters is 1. The van der Waals surface area contributed by atoms with Gasteiger partial charge in [-0.1, -0.05) is 0 Å².